The van der Waals surface area contributed by atoms with E-state index >= 15 is 0 Å². The number of hydrogen-bond donors (Lipinski definition) is 2. The van der Waals surface area contributed by atoms with E-state index in [4.69, 9.17) is 5.11 Å². The molecule has 1 unspecified atom stereocenters. The number of para-hydroxylation sites is 1. The fraction of sp³-hybridized carbons (Fsp3) is 0.429. The van der Waals surface area contributed by atoms with Gasteiger partial charge < -0.3 is 15.0 Å². The Balaban J connectivity index is 2.04. The fourth-order valence-corrected chi connectivity index (χ4v) is 2.16. The summed E-state index contributed by atoms with van der Waals surface area (Å²) in [5.74, 6) is 0. The van der Waals surface area contributed by atoms with Crippen LogP contribution in [0.15, 0.2) is 30.5 Å². The van der Waals surface area contributed by atoms with Crippen LogP contribution in [0.25, 0.3) is 10.9 Å². The van der Waals surface area contributed by atoms with E-state index in [9.17, 15) is 0 Å². The van der Waals surface area contributed by atoms with Crippen molar-refractivity contribution in [3.05, 3.63) is 36.0 Å². The molecule has 1 atom stereocenters. The van der Waals surface area contributed by atoms with Crippen LogP contribution in [0.4, 0.5) is 0 Å². The van der Waals surface area contributed by atoms with E-state index < -0.39 is 0 Å². The number of hydrogen-bond acceptors (Lipinski definition) is 2. The highest BCUT2D eigenvalue weighted by atomic mass is 16.3. The topological polar surface area (TPSA) is 37.2 Å². The fourth-order valence-electron chi connectivity index (χ4n) is 2.16. The number of aromatic nitrogens is 1. The summed E-state index contributed by atoms with van der Waals surface area (Å²) in [5, 5.41) is 13.7. The summed E-state index contributed by atoms with van der Waals surface area (Å²) in [6.07, 6.45) is 2.91. The smallest absolute Gasteiger partial charge is 0.0636 e. The minimum absolute atomic E-state index is 0.275. The van der Waals surface area contributed by atoms with Gasteiger partial charge in [-0.05, 0) is 31.5 Å². The molecule has 0 fully saturated rings. The summed E-state index contributed by atoms with van der Waals surface area (Å²) in [5.41, 5.74) is 2.64. The number of aliphatic hydroxyl groups excluding tert-OH is 1. The molecule has 2 aromatic rings. The Labute approximate surface area is 102 Å². The van der Waals surface area contributed by atoms with Crippen molar-refractivity contribution in [1.82, 2.24) is 9.88 Å². The van der Waals surface area contributed by atoms with Crippen LogP contribution < -0.4 is 5.32 Å². The molecule has 0 amide bonds. The minimum Gasteiger partial charge on any atom is -0.392 e. The first-order valence-corrected chi connectivity index (χ1v) is 6.10. The summed E-state index contributed by atoms with van der Waals surface area (Å²) >= 11 is 0. The van der Waals surface area contributed by atoms with Crippen molar-refractivity contribution < 1.29 is 5.11 Å². The number of aliphatic hydroxyl groups is 1. The number of fused-ring (bicyclic) bond motifs is 1. The SMILES string of the molecule is CC(O)CNCCc1cn(C)c2ccccc12. The summed E-state index contributed by atoms with van der Waals surface area (Å²) in [4.78, 5) is 0. The maximum Gasteiger partial charge on any atom is 0.0636 e. The normalized spacial score (nSPS) is 13.1. The van der Waals surface area contributed by atoms with Gasteiger partial charge >= 0.3 is 0 Å². The Bertz CT molecular complexity index is 488. The van der Waals surface area contributed by atoms with E-state index in [1.54, 1.807) is 6.92 Å². The summed E-state index contributed by atoms with van der Waals surface area (Å²) in [6, 6.07) is 8.45. The maximum absolute atomic E-state index is 9.16. The number of benzene rings is 1. The van der Waals surface area contributed by atoms with Gasteiger partial charge in [-0.25, -0.2) is 0 Å². The number of rotatable bonds is 5. The van der Waals surface area contributed by atoms with Gasteiger partial charge in [0, 0.05) is 30.7 Å². The number of nitrogens with zero attached hydrogens (tertiary/aromatic N) is 1. The van der Waals surface area contributed by atoms with Crippen molar-refractivity contribution in [2.75, 3.05) is 13.1 Å². The van der Waals surface area contributed by atoms with Gasteiger partial charge in [0.15, 0.2) is 0 Å². The molecule has 0 radical (unpaired) electrons. The van der Waals surface area contributed by atoms with Crippen molar-refractivity contribution in [2.24, 2.45) is 7.05 Å². The lowest BCUT2D eigenvalue weighted by molar-refractivity contribution is 0.191. The van der Waals surface area contributed by atoms with Crippen LogP contribution in [0.5, 0.6) is 0 Å². The highest BCUT2D eigenvalue weighted by Crippen LogP contribution is 2.20. The van der Waals surface area contributed by atoms with Crippen LogP contribution >= 0.6 is 0 Å². The lowest BCUT2D eigenvalue weighted by atomic mass is 10.1. The second-order valence-corrected chi connectivity index (χ2v) is 4.59. The molecule has 0 spiro atoms. The zero-order valence-electron chi connectivity index (χ0n) is 10.5. The average molecular weight is 232 g/mol. The molecule has 0 saturated heterocycles. The Kier molecular flexibility index (Phi) is 3.82. The molecule has 17 heavy (non-hydrogen) atoms. The molecule has 0 saturated carbocycles. The van der Waals surface area contributed by atoms with Gasteiger partial charge in [-0.3, -0.25) is 0 Å². The highest BCUT2D eigenvalue weighted by Gasteiger charge is 2.05. The Morgan fingerprint density at radius 2 is 2.12 bits per heavy atom. The molecular weight excluding hydrogens is 212 g/mol. The van der Waals surface area contributed by atoms with Crippen LogP contribution in [0.2, 0.25) is 0 Å². The number of aryl methyl sites for hydroxylation is 1. The maximum atomic E-state index is 9.16. The van der Waals surface area contributed by atoms with E-state index in [1.807, 2.05) is 0 Å². The van der Waals surface area contributed by atoms with Gasteiger partial charge in [-0.15, -0.1) is 0 Å². The van der Waals surface area contributed by atoms with Gasteiger partial charge in [0.05, 0.1) is 6.10 Å². The van der Waals surface area contributed by atoms with Gasteiger partial charge in [-0.1, -0.05) is 18.2 Å². The predicted molar refractivity (Wildman–Crippen MR) is 71.2 cm³/mol. The third kappa shape index (κ3) is 2.87. The molecule has 0 aliphatic rings. The quantitative estimate of drug-likeness (QED) is 0.770. The van der Waals surface area contributed by atoms with Crippen LogP contribution in [-0.2, 0) is 13.5 Å². The zero-order valence-corrected chi connectivity index (χ0v) is 10.5. The van der Waals surface area contributed by atoms with Gasteiger partial charge in [0.1, 0.15) is 0 Å². The number of nitrogens with one attached hydrogen (secondary N) is 1. The first-order valence-electron chi connectivity index (χ1n) is 6.10. The molecule has 0 bridgehead atoms. The molecule has 3 heteroatoms. The lowest BCUT2D eigenvalue weighted by Gasteiger charge is -2.05. The van der Waals surface area contributed by atoms with Crippen molar-refractivity contribution >= 4 is 10.9 Å². The molecule has 3 nitrogen and oxygen atoms in total. The molecule has 2 N–H and O–H groups in total. The van der Waals surface area contributed by atoms with Gasteiger partial charge in [0.25, 0.3) is 0 Å². The van der Waals surface area contributed by atoms with E-state index in [0.29, 0.717) is 6.54 Å². The van der Waals surface area contributed by atoms with Crippen molar-refractivity contribution in [2.45, 2.75) is 19.4 Å². The largest absolute Gasteiger partial charge is 0.392 e. The minimum atomic E-state index is -0.275. The molecule has 1 heterocycles. The van der Waals surface area contributed by atoms with Crippen LogP contribution in [-0.4, -0.2) is 28.9 Å². The van der Waals surface area contributed by atoms with Gasteiger partial charge in [-0.2, -0.15) is 0 Å². The highest BCUT2D eigenvalue weighted by molar-refractivity contribution is 5.83. The summed E-state index contributed by atoms with van der Waals surface area (Å²) < 4.78 is 2.17. The van der Waals surface area contributed by atoms with Crippen molar-refractivity contribution in [1.29, 1.82) is 0 Å². The Morgan fingerprint density at radius 3 is 2.88 bits per heavy atom. The zero-order chi connectivity index (χ0) is 12.3. The first kappa shape index (κ1) is 12.1. The Morgan fingerprint density at radius 1 is 1.35 bits per heavy atom. The van der Waals surface area contributed by atoms with Crippen LogP contribution in [0, 0.1) is 0 Å². The third-order valence-corrected chi connectivity index (χ3v) is 2.99. The van der Waals surface area contributed by atoms with Gasteiger partial charge in [0.2, 0.25) is 0 Å². The molecule has 92 valence electrons. The molecule has 2 rings (SSSR count). The molecule has 1 aromatic carbocycles. The van der Waals surface area contributed by atoms with Crippen LogP contribution in [0.3, 0.4) is 0 Å². The van der Waals surface area contributed by atoms with Crippen molar-refractivity contribution in [3.63, 3.8) is 0 Å². The standard InChI is InChI=1S/C14H20N2O/c1-11(17)9-15-8-7-12-10-16(2)14-6-4-3-5-13(12)14/h3-6,10-11,15,17H,7-9H2,1-2H3. The molecule has 1 aromatic heterocycles. The lowest BCUT2D eigenvalue weighted by Crippen LogP contribution is -2.26. The summed E-state index contributed by atoms with van der Waals surface area (Å²) in [6.45, 7) is 3.36. The second-order valence-electron chi connectivity index (χ2n) is 4.59. The molecule has 0 aliphatic carbocycles. The van der Waals surface area contributed by atoms with Crippen LogP contribution in [0.1, 0.15) is 12.5 Å². The van der Waals surface area contributed by atoms with E-state index in [2.05, 4.69) is 47.4 Å². The monoisotopic (exact) mass is 232 g/mol. The van der Waals surface area contributed by atoms with Crippen molar-refractivity contribution in [3.8, 4) is 0 Å². The third-order valence-electron chi connectivity index (χ3n) is 2.99. The summed E-state index contributed by atoms with van der Waals surface area (Å²) in [7, 11) is 2.08. The second kappa shape index (κ2) is 5.34. The molecule has 0 aliphatic heterocycles. The molecular formula is C14H20N2O. The Hall–Kier alpha value is -1.32. The predicted octanol–water partition coefficient (Wildman–Crippen LogP) is 1.69. The van der Waals surface area contributed by atoms with E-state index in [1.165, 1.54) is 16.5 Å². The van der Waals surface area contributed by atoms with E-state index in [0.717, 1.165) is 13.0 Å². The van der Waals surface area contributed by atoms with E-state index in [-0.39, 0.29) is 6.10 Å². The first-order chi connectivity index (χ1) is 8.18. The average Bonchev–Trinajstić information content (AvgIpc) is 2.63.